The van der Waals surface area contributed by atoms with Crippen LogP contribution in [0, 0.1) is 11.8 Å². The van der Waals surface area contributed by atoms with Crippen molar-refractivity contribution in [3.63, 3.8) is 0 Å². The normalized spacial score (nSPS) is 28.5. The molecule has 1 nitrogen and oxygen atoms in total. The first kappa shape index (κ1) is 14.0. The molecule has 1 rings (SSSR count). The lowest BCUT2D eigenvalue weighted by Crippen LogP contribution is -2.44. The van der Waals surface area contributed by atoms with Gasteiger partial charge in [-0.05, 0) is 37.8 Å². The Morgan fingerprint density at radius 3 is 2.29 bits per heavy atom. The molecule has 0 bridgehead atoms. The molecule has 0 spiro atoms. The molecule has 0 N–H and O–H groups in total. The van der Waals surface area contributed by atoms with Crippen LogP contribution in [-0.2, 0) is 0 Å². The quantitative estimate of drug-likeness (QED) is 0.654. The number of rotatable bonds is 2. The highest BCUT2D eigenvalue weighted by Crippen LogP contribution is 2.26. The molecule has 2 unspecified atom stereocenters. The van der Waals surface area contributed by atoms with Gasteiger partial charge in [0.2, 0.25) is 0 Å². The van der Waals surface area contributed by atoms with Crippen LogP contribution < -0.4 is 0 Å². The van der Waals surface area contributed by atoms with Gasteiger partial charge in [-0.2, -0.15) is 0 Å². The molecule has 1 saturated heterocycles. The molecule has 1 heteroatoms. The summed E-state index contributed by atoms with van der Waals surface area (Å²) in [5.74, 6) is 1.77. The third-order valence-corrected chi connectivity index (χ3v) is 3.20. The second-order valence-electron chi connectivity index (χ2n) is 4.57. The van der Waals surface area contributed by atoms with Crippen molar-refractivity contribution in [3.05, 3.63) is 0 Å². The minimum atomic E-state index is 0.827. The second kappa shape index (κ2) is 7.28. The van der Waals surface area contributed by atoms with Gasteiger partial charge >= 0.3 is 0 Å². The van der Waals surface area contributed by atoms with Gasteiger partial charge in [-0.15, -0.1) is 0 Å². The molecule has 1 aliphatic heterocycles. The minimum Gasteiger partial charge on any atom is -0.300 e. The molecule has 0 aromatic heterocycles. The van der Waals surface area contributed by atoms with Crippen LogP contribution in [0.1, 0.15) is 54.4 Å². The molecule has 1 fully saturated rings. The highest BCUT2D eigenvalue weighted by molar-refractivity contribution is 4.81. The van der Waals surface area contributed by atoms with Gasteiger partial charge in [0.05, 0.1) is 0 Å². The van der Waals surface area contributed by atoms with Gasteiger partial charge in [0.1, 0.15) is 0 Å². The summed E-state index contributed by atoms with van der Waals surface area (Å²) in [6.07, 6.45) is 2.81. The van der Waals surface area contributed by atoms with Gasteiger partial charge in [0.25, 0.3) is 0 Å². The van der Waals surface area contributed by atoms with Crippen LogP contribution in [0.2, 0.25) is 0 Å². The van der Waals surface area contributed by atoms with E-state index in [9.17, 15) is 0 Å². The fourth-order valence-corrected chi connectivity index (χ4v) is 2.32. The Morgan fingerprint density at radius 2 is 1.86 bits per heavy atom. The lowest BCUT2D eigenvalue weighted by Gasteiger charge is -2.40. The van der Waals surface area contributed by atoms with Crippen molar-refractivity contribution < 1.29 is 0 Å². The molecule has 0 aliphatic carbocycles. The van der Waals surface area contributed by atoms with Crippen molar-refractivity contribution in [1.29, 1.82) is 0 Å². The summed E-state index contributed by atoms with van der Waals surface area (Å²) < 4.78 is 0. The van der Waals surface area contributed by atoms with E-state index >= 15 is 0 Å². The first-order chi connectivity index (χ1) is 6.65. The van der Waals surface area contributed by atoms with E-state index in [-0.39, 0.29) is 0 Å². The Bertz CT molecular complexity index is 131. The maximum Gasteiger partial charge on any atom is 0.0121 e. The maximum atomic E-state index is 2.64. The van der Waals surface area contributed by atoms with E-state index in [2.05, 4.69) is 32.6 Å². The highest BCUT2D eigenvalue weighted by atomic mass is 15.2. The molecule has 1 aliphatic rings. The van der Waals surface area contributed by atoms with Crippen LogP contribution in [0.5, 0.6) is 0 Å². The molecule has 86 valence electrons. The number of nitrogens with zero attached hydrogens (tertiary/aromatic N) is 1. The van der Waals surface area contributed by atoms with Gasteiger partial charge in [0.15, 0.2) is 0 Å². The van der Waals surface area contributed by atoms with E-state index in [4.69, 9.17) is 0 Å². The summed E-state index contributed by atoms with van der Waals surface area (Å²) in [7, 11) is 0. The van der Waals surface area contributed by atoms with Crippen LogP contribution in [-0.4, -0.2) is 24.0 Å². The van der Waals surface area contributed by atoms with Crippen molar-refractivity contribution in [2.24, 2.45) is 11.8 Å². The molecule has 0 aromatic carbocycles. The van der Waals surface area contributed by atoms with E-state index in [1.807, 2.05) is 13.8 Å². The van der Waals surface area contributed by atoms with Crippen LogP contribution in [0.25, 0.3) is 0 Å². The van der Waals surface area contributed by atoms with Gasteiger partial charge < -0.3 is 4.90 Å². The van der Waals surface area contributed by atoms with Crippen molar-refractivity contribution in [2.75, 3.05) is 13.1 Å². The largest absolute Gasteiger partial charge is 0.300 e. The van der Waals surface area contributed by atoms with Crippen molar-refractivity contribution in [3.8, 4) is 0 Å². The Balaban J connectivity index is 0.000000791. The van der Waals surface area contributed by atoms with E-state index < -0.39 is 0 Å². The number of hydrogen-bond donors (Lipinski definition) is 0. The fourth-order valence-electron chi connectivity index (χ4n) is 2.32. The van der Waals surface area contributed by atoms with E-state index in [1.165, 1.54) is 25.9 Å². The van der Waals surface area contributed by atoms with Crippen molar-refractivity contribution >= 4 is 0 Å². The Kier molecular flexibility index (Phi) is 7.26. The topological polar surface area (TPSA) is 3.24 Å². The average molecular weight is 199 g/mol. The van der Waals surface area contributed by atoms with E-state index in [1.54, 1.807) is 0 Å². The smallest absolute Gasteiger partial charge is 0.0121 e. The van der Waals surface area contributed by atoms with Crippen molar-refractivity contribution in [2.45, 2.75) is 60.4 Å². The highest BCUT2D eigenvalue weighted by Gasteiger charge is 2.26. The molecule has 0 amide bonds. The third-order valence-electron chi connectivity index (χ3n) is 3.20. The Labute approximate surface area is 90.9 Å². The summed E-state index contributed by atoms with van der Waals surface area (Å²) in [5.41, 5.74) is 0. The number of piperidine rings is 1. The fraction of sp³-hybridized carbons (Fsp3) is 1.00. The molecule has 2 atom stereocenters. The molecular formula is C13H29N. The third kappa shape index (κ3) is 4.00. The number of hydrogen-bond acceptors (Lipinski definition) is 1. The summed E-state index contributed by atoms with van der Waals surface area (Å²) in [6.45, 7) is 15.9. The van der Waals surface area contributed by atoms with E-state index in [0.717, 1.165) is 17.9 Å². The lowest BCUT2D eigenvalue weighted by molar-refractivity contribution is 0.0914. The first-order valence-electron chi connectivity index (χ1n) is 6.39. The van der Waals surface area contributed by atoms with Crippen LogP contribution in [0.3, 0.4) is 0 Å². The summed E-state index contributed by atoms with van der Waals surface area (Å²) in [6, 6.07) is 0.846. The Morgan fingerprint density at radius 1 is 1.29 bits per heavy atom. The number of likely N-dealkylation sites (tertiary alicyclic amines) is 1. The van der Waals surface area contributed by atoms with Gasteiger partial charge in [-0.25, -0.2) is 0 Å². The van der Waals surface area contributed by atoms with Crippen molar-refractivity contribution in [1.82, 2.24) is 4.90 Å². The first-order valence-corrected chi connectivity index (χ1v) is 6.39. The van der Waals surface area contributed by atoms with Crippen LogP contribution in [0.4, 0.5) is 0 Å². The standard InChI is InChI=1S/C11H23N.C2H6/c1-5-12-7-6-10(4)8-11(12)9(2)3;1-2/h9-11H,5-8H2,1-4H3;1-2H3. The van der Waals surface area contributed by atoms with Gasteiger partial charge in [0, 0.05) is 6.04 Å². The molecular weight excluding hydrogens is 170 g/mol. The van der Waals surface area contributed by atoms with Crippen LogP contribution in [0.15, 0.2) is 0 Å². The van der Waals surface area contributed by atoms with Gasteiger partial charge in [-0.3, -0.25) is 0 Å². The zero-order valence-corrected chi connectivity index (χ0v) is 11.0. The van der Waals surface area contributed by atoms with Gasteiger partial charge in [-0.1, -0.05) is 41.5 Å². The molecule has 1 heterocycles. The van der Waals surface area contributed by atoms with Crippen LogP contribution >= 0.6 is 0 Å². The maximum absolute atomic E-state index is 2.64. The zero-order chi connectivity index (χ0) is 11.1. The predicted octanol–water partition coefficient (Wildman–Crippen LogP) is 3.79. The van der Waals surface area contributed by atoms with E-state index in [0.29, 0.717) is 0 Å². The summed E-state index contributed by atoms with van der Waals surface area (Å²) in [4.78, 5) is 2.64. The SMILES string of the molecule is CC.CCN1CCC(C)CC1C(C)C. The molecule has 0 aromatic rings. The molecule has 14 heavy (non-hydrogen) atoms. The monoisotopic (exact) mass is 199 g/mol. The summed E-state index contributed by atoms with van der Waals surface area (Å²) >= 11 is 0. The summed E-state index contributed by atoms with van der Waals surface area (Å²) in [5, 5.41) is 0. The predicted molar refractivity (Wildman–Crippen MR) is 65.6 cm³/mol. The molecule has 0 radical (unpaired) electrons. The molecule has 0 saturated carbocycles. The Hall–Kier alpha value is -0.0400. The second-order valence-corrected chi connectivity index (χ2v) is 4.57. The average Bonchev–Trinajstić information content (AvgIpc) is 2.20. The minimum absolute atomic E-state index is 0.827. The lowest BCUT2D eigenvalue weighted by atomic mass is 9.86. The zero-order valence-electron chi connectivity index (χ0n) is 11.0.